The van der Waals surface area contributed by atoms with Crippen LogP contribution < -0.4 is 0 Å². The first-order valence-corrected chi connectivity index (χ1v) is 4.47. The minimum atomic E-state index is -0.358. The van der Waals surface area contributed by atoms with Gasteiger partial charge in [-0.3, -0.25) is 4.79 Å². The molecule has 0 radical (unpaired) electrons. The van der Waals surface area contributed by atoms with Gasteiger partial charge in [0.15, 0.2) is 0 Å². The van der Waals surface area contributed by atoms with Gasteiger partial charge in [-0.25, -0.2) is 9.98 Å². The molecular weight excluding hydrogens is 192 g/mol. The van der Waals surface area contributed by atoms with E-state index in [4.69, 9.17) is 0 Å². The molecule has 2 aliphatic heterocycles. The van der Waals surface area contributed by atoms with E-state index in [-0.39, 0.29) is 11.7 Å². The molecule has 2 aliphatic rings. The Balaban J connectivity index is 2.32. The van der Waals surface area contributed by atoms with Gasteiger partial charge in [-0.15, -0.1) is 0 Å². The summed E-state index contributed by atoms with van der Waals surface area (Å²) < 4.78 is 0. The lowest BCUT2D eigenvalue weighted by atomic mass is 10.00. The number of aliphatic imine (C=N–C) groups is 2. The molecule has 0 aromatic heterocycles. The number of rotatable bonds is 0. The highest BCUT2D eigenvalue weighted by Crippen LogP contribution is 2.41. The summed E-state index contributed by atoms with van der Waals surface area (Å²) in [7, 11) is 0. The maximum absolute atomic E-state index is 11.4. The highest BCUT2D eigenvalue weighted by Gasteiger charge is 2.29. The van der Waals surface area contributed by atoms with E-state index in [0.29, 0.717) is 22.5 Å². The van der Waals surface area contributed by atoms with Crippen LogP contribution in [0.5, 0.6) is 5.75 Å². The van der Waals surface area contributed by atoms with Gasteiger partial charge < -0.3 is 5.11 Å². The maximum atomic E-state index is 11.4. The molecule has 1 N–H and O–H groups in total. The summed E-state index contributed by atoms with van der Waals surface area (Å²) in [6.45, 7) is 0. The van der Waals surface area contributed by atoms with Crippen molar-refractivity contribution in [1.29, 1.82) is 0 Å². The lowest BCUT2D eigenvalue weighted by Gasteiger charge is -2.05. The van der Waals surface area contributed by atoms with E-state index in [1.807, 2.05) is 0 Å². The Hall–Kier alpha value is -2.23. The van der Waals surface area contributed by atoms with Crippen molar-refractivity contribution in [3.63, 3.8) is 0 Å². The van der Waals surface area contributed by atoms with E-state index in [9.17, 15) is 9.90 Å². The van der Waals surface area contributed by atoms with E-state index < -0.39 is 0 Å². The van der Waals surface area contributed by atoms with Crippen molar-refractivity contribution in [2.24, 2.45) is 9.98 Å². The normalized spacial score (nSPS) is 16.9. The first-order chi connectivity index (χ1) is 7.27. The molecule has 1 amide bonds. The topological polar surface area (TPSA) is 62.0 Å². The van der Waals surface area contributed by atoms with Crippen molar-refractivity contribution in [3.8, 4) is 5.75 Å². The van der Waals surface area contributed by atoms with E-state index >= 15 is 0 Å². The van der Waals surface area contributed by atoms with Crippen molar-refractivity contribution >= 4 is 29.1 Å². The number of aromatic hydroxyl groups is 1. The molecule has 0 bridgehead atoms. The SMILES string of the molecule is O=C1N=CC=C2C1=Nc1cccc(O)c12. The molecule has 0 unspecified atom stereocenters. The van der Waals surface area contributed by atoms with Crippen LogP contribution in [0.1, 0.15) is 5.56 Å². The quantitative estimate of drug-likeness (QED) is 0.686. The van der Waals surface area contributed by atoms with Gasteiger partial charge in [-0.05, 0) is 18.2 Å². The van der Waals surface area contributed by atoms with Gasteiger partial charge in [-0.2, -0.15) is 0 Å². The third-order valence-corrected chi connectivity index (χ3v) is 2.41. The van der Waals surface area contributed by atoms with Crippen LogP contribution in [0, 0.1) is 0 Å². The van der Waals surface area contributed by atoms with Gasteiger partial charge in [0.05, 0.1) is 11.3 Å². The zero-order chi connectivity index (χ0) is 10.4. The molecular formula is C11H6N2O2. The minimum Gasteiger partial charge on any atom is -0.507 e. The molecule has 1 aromatic rings. The maximum Gasteiger partial charge on any atom is 0.296 e. The number of phenolic OH excluding ortho intramolecular Hbond substituents is 1. The van der Waals surface area contributed by atoms with Crippen LogP contribution in [-0.2, 0) is 4.79 Å². The molecule has 3 rings (SSSR count). The number of amides is 1. The fraction of sp³-hybridized carbons (Fsp3) is 0. The average Bonchev–Trinajstić information content (AvgIpc) is 2.59. The summed E-state index contributed by atoms with van der Waals surface area (Å²) in [5, 5.41) is 9.69. The summed E-state index contributed by atoms with van der Waals surface area (Å²) in [4.78, 5) is 19.2. The van der Waals surface area contributed by atoms with Crippen molar-refractivity contribution in [2.45, 2.75) is 0 Å². The van der Waals surface area contributed by atoms with Crippen LogP contribution >= 0.6 is 0 Å². The number of dihydropyridines is 1. The number of fused-ring (bicyclic) bond motifs is 3. The van der Waals surface area contributed by atoms with Crippen molar-refractivity contribution in [3.05, 3.63) is 29.8 Å². The number of nitrogens with zero attached hydrogens (tertiary/aromatic N) is 2. The first-order valence-electron chi connectivity index (χ1n) is 4.47. The standard InChI is InChI=1S/C11H6N2O2/c14-8-3-1-2-7-9(8)6-4-5-12-11(15)10(6)13-7/h1-5,14H. The Kier molecular flexibility index (Phi) is 1.42. The molecule has 0 aliphatic carbocycles. The average molecular weight is 198 g/mol. The second kappa shape index (κ2) is 2.63. The fourth-order valence-electron chi connectivity index (χ4n) is 1.76. The summed E-state index contributed by atoms with van der Waals surface area (Å²) in [6.07, 6.45) is 3.12. The second-order valence-corrected chi connectivity index (χ2v) is 3.30. The predicted octanol–water partition coefficient (Wildman–Crippen LogP) is 1.47. The van der Waals surface area contributed by atoms with E-state index in [1.54, 1.807) is 24.3 Å². The molecule has 4 nitrogen and oxygen atoms in total. The molecule has 72 valence electrons. The van der Waals surface area contributed by atoms with Crippen LogP contribution in [0.2, 0.25) is 0 Å². The van der Waals surface area contributed by atoms with E-state index in [1.165, 1.54) is 6.21 Å². The van der Waals surface area contributed by atoms with Crippen LogP contribution in [-0.4, -0.2) is 22.9 Å². The van der Waals surface area contributed by atoms with Crippen molar-refractivity contribution in [1.82, 2.24) is 0 Å². The monoisotopic (exact) mass is 198 g/mol. The Morgan fingerprint density at radius 2 is 2.13 bits per heavy atom. The van der Waals surface area contributed by atoms with Crippen LogP contribution in [0.3, 0.4) is 0 Å². The van der Waals surface area contributed by atoms with Gasteiger partial charge in [0.25, 0.3) is 5.91 Å². The molecule has 4 heteroatoms. The van der Waals surface area contributed by atoms with Crippen molar-refractivity contribution in [2.75, 3.05) is 0 Å². The highest BCUT2D eigenvalue weighted by atomic mass is 16.3. The molecule has 2 heterocycles. The number of carbonyl (C=O) groups is 1. The smallest absolute Gasteiger partial charge is 0.296 e. The molecule has 0 saturated heterocycles. The summed E-state index contributed by atoms with van der Waals surface area (Å²) >= 11 is 0. The number of allylic oxidation sites excluding steroid dienone is 1. The molecule has 1 aromatic carbocycles. The molecule has 0 spiro atoms. The minimum absolute atomic E-state index is 0.139. The van der Waals surface area contributed by atoms with Gasteiger partial charge in [0.2, 0.25) is 0 Å². The number of hydrogen-bond donors (Lipinski definition) is 1. The van der Waals surface area contributed by atoms with Crippen LogP contribution in [0.15, 0.2) is 34.3 Å². The van der Waals surface area contributed by atoms with E-state index in [0.717, 1.165) is 0 Å². The first kappa shape index (κ1) is 8.11. The third-order valence-electron chi connectivity index (χ3n) is 2.41. The highest BCUT2D eigenvalue weighted by molar-refractivity contribution is 6.60. The summed E-state index contributed by atoms with van der Waals surface area (Å²) in [6, 6.07) is 5.03. The summed E-state index contributed by atoms with van der Waals surface area (Å²) in [5.74, 6) is -0.219. The van der Waals surface area contributed by atoms with Gasteiger partial charge in [0.1, 0.15) is 11.5 Å². The Bertz CT molecular complexity index is 568. The zero-order valence-corrected chi connectivity index (χ0v) is 7.64. The Morgan fingerprint density at radius 3 is 3.00 bits per heavy atom. The number of benzene rings is 1. The van der Waals surface area contributed by atoms with Gasteiger partial charge in [-0.1, -0.05) is 6.07 Å². The Morgan fingerprint density at radius 1 is 1.27 bits per heavy atom. The Labute approximate surface area is 85.3 Å². The van der Waals surface area contributed by atoms with Crippen molar-refractivity contribution < 1.29 is 9.90 Å². The second-order valence-electron chi connectivity index (χ2n) is 3.30. The fourth-order valence-corrected chi connectivity index (χ4v) is 1.76. The number of carbonyl (C=O) groups excluding carboxylic acids is 1. The predicted molar refractivity (Wildman–Crippen MR) is 56.7 cm³/mol. The summed E-state index contributed by atoms with van der Waals surface area (Å²) in [5.41, 5.74) is 2.21. The molecule has 0 fully saturated rings. The molecule has 15 heavy (non-hydrogen) atoms. The lowest BCUT2D eigenvalue weighted by molar-refractivity contribution is -0.111. The van der Waals surface area contributed by atoms with E-state index in [2.05, 4.69) is 9.98 Å². The van der Waals surface area contributed by atoms with Gasteiger partial charge >= 0.3 is 0 Å². The number of hydrogen-bond acceptors (Lipinski definition) is 3. The molecule has 0 saturated carbocycles. The van der Waals surface area contributed by atoms with Gasteiger partial charge in [0, 0.05) is 11.8 Å². The molecule has 0 atom stereocenters. The van der Waals surface area contributed by atoms with Crippen LogP contribution in [0.25, 0.3) is 5.57 Å². The lowest BCUT2D eigenvalue weighted by Crippen LogP contribution is -2.13. The number of phenols is 1. The zero-order valence-electron chi connectivity index (χ0n) is 7.64. The third kappa shape index (κ3) is 0.985. The largest absolute Gasteiger partial charge is 0.507 e. The van der Waals surface area contributed by atoms with Crippen LogP contribution in [0.4, 0.5) is 5.69 Å².